The third kappa shape index (κ3) is 2.51. The maximum absolute atomic E-state index is 12.8. The number of para-hydroxylation sites is 1. The van der Waals surface area contributed by atoms with E-state index >= 15 is 0 Å². The molecule has 1 heterocycles. The van der Waals surface area contributed by atoms with Crippen LogP contribution in [0.1, 0.15) is 33.9 Å². The predicted octanol–water partition coefficient (Wildman–Crippen LogP) is 3.59. The van der Waals surface area contributed by atoms with E-state index in [4.69, 9.17) is 4.74 Å². The first-order valence-corrected chi connectivity index (χ1v) is 7.23. The molecule has 2 aromatic rings. The quantitative estimate of drug-likeness (QED) is 0.842. The standard InChI is InChI=1S/C18H19NO2/c1-13-7-3-4-8-14(13)18(20)19(2)16-11-12-21-17-10-6-5-9-15(16)17/h3-10,16H,11-12H2,1-2H3. The van der Waals surface area contributed by atoms with Crippen LogP contribution < -0.4 is 4.74 Å². The zero-order chi connectivity index (χ0) is 14.8. The Bertz CT molecular complexity index is 666. The number of amides is 1. The number of carbonyl (C=O) groups is 1. The minimum absolute atomic E-state index is 0.0646. The van der Waals surface area contributed by atoms with Crippen LogP contribution in [0, 0.1) is 6.92 Å². The van der Waals surface area contributed by atoms with Gasteiger partial charge in [-0.15, -0.1) is 0 Å². The Labute approximate surface area is 125 Å². The van der Waals surface area contributed by atoms with Crippen molar-refractivity contribution in [3.63, 3.8) is 0 Å². The number of fused-ring (bicyclic) bond motifs is 1. The summed E-state index contributed by atoms with van der Waals surface area (Å²) in [6.45, 7) is 2.62. The second-order valence-electron chi connectivity index (χ2n) is 5.42. The summed E-state index contributed by atoms with van der Waals surface area (Å²) in [6, 6.07) is 15.8. The molecule has 1 aliphatic rings. The molecule has 0 aromatic heterocycles. The van der Waals surface area contributed by atoms with Gasteiger partial charge in [-0.25, -0.2) is 0 Å². The Kier molecular flexibility index (Phi) is 3.65. The van der Waals surface area contributed by atoms with E-state index in [-0.39, 0.29) is 11.9 Å². The topological polar surface area (TPSA) is 29.5 Å². The molecule has 2 aromatic carbocycles. The molecule has 0 saturated heterocycles. The van der Waals surface area contributed by atoms with E-state index in [0.29, 0.717) is 6.61 Å². The molecule has 1 atom stereocenters. The molecule has 0 aliphatic carbocycles. The van der Waals surface area contributed by atoms with Crippen molar-refractivity contribution in [2.24, 2.45) is 0 Å². The highest BCUT2D eigenvalue weighted by Gasteiger charge is 2.28. The number of nitrogens with zero attached hydrogens (tertiary/aromatic N) is 1. The molecule has 0 spiro atoms. The van der Waals surface area contributed by atoms with Gasteiger partial charge in [0.15, 0.2) is 0 Å². The van der Waals surface area contributed by atoms with Crippen molar-refractivity contribution in [2.45, 2.75) is 19.4 Å². The Hall–Kier alpha value is -2.29. The third-order valence-electron chi connectivity index (χ3n) is 4.09. The van der Waals surface area contributed by atoms with Crippen LogP contribution in [0.15, 0.2) is 48.5 Å². The SMILES string of the molecule is Cc1ccccc1C(=O)N(C)C1CCOc2ccccc21. The second-order valence-corrected chi connectivity index (χ2v) is 5.42. The number of hydrogen-bond acceptors (Lipinski definition) is 2. The van der Waals surface area contributed by atoms with Gasteiger partial charge in [0.25, 0.3) is 5.91 Å². The maximum Gasteiger partial charge on any atom is 0.254 e. The molecule has 0 saturated carbocycles. The molecule has 0 fully saturated rings. The lowest BCUT2D eigenvalue weighted by molar-refractivity contribution is 0.0686. The Morgan fingerprint density at radius 3 is 2.67 bits per heavy atom. The van der Waals surface area contributed by atoms with Crippen LogP contribution in [-0.4, -0.2) is 24.5 Å². The molecule has 21 heavy (non-hydrogen) atoms. The number of benzene rings is 2. The molecule has 0 radical (unpaired) electrons. The number of ether oxygens (including phenoxy) is 1. The minimum atomic E-state index is 0.0646. The smallest absolute Gasteiger partial charge is 0.254 e. The van der Waals surface area contributed by atoms with Crippen LogP contribution in [0.5, 0.6) is 5.75 Å². The van der Waals surface area contributed by atoms with E-state index in [1.54, 1.807) is 0 Å². The van der Waals surface area contributed by atoms with Crippen LogP contribution >= 0.6 is 0 Å². The van der Waals surface area contributed by atoms with Gasteiger partial charge in [-0.3, -0.25) is 4.79 Å². The summed E-state index contributed by atoms with van der Waals surface area (Å²) in [7, 11) is 1.88. The number of rotatable bonds is 2. The molecule has 0 bridgehead atoms. The Morgan fingerprint density at radius 1 is 1.14 bits per heavy atom. The monoisotopic (exact) mass is 281 g/mol. The molecule has 3 rings (SSSR count). The molecular weight excluding hydrogens is 262 g/mol. The molecule has 3 nitrogen and oxygen atoms in total. The normalized spacial score (nSPS) is 16.8. The highest BCUT2D eigenvalue weighted by molar-refractivity contribution is 5.95. The lowest BCUT2D eigenvalue weighted by atomic mass is 9.98. The first kappa shape index (κ1) is 13.7. The highest BCUT2D eigenvalue weighted by atomic mass is 16.5. The largest absolute Gasteiger partial charge is 0.493 e. The average Bonchev–Trinajstić information content (AvgIpc) is 2.53. The van der Waals surface area contributed by atoms with E-state index < -0.39 is 0 Å². The van der Waals surface area contributed by atoms with E-state index in [0.717, 1.165) is 28.9 Å². The molecule has 3 heteroatoms. The summed E-state index contributed by atoms with van der Waals surface area (Å²) >= 11 is 0. The first-order valence-electron chi connectivity index (χ1n) is 7.23. The minimum Gasteiger partial charge on any atom is -0.493 e. The predicted molar refractivity (Wildman–Crippen MR) is 82.6 cm³/mol. The van der Waals surface area contributed by atoms with Gasteiger partial charge in [0, 0.05) is 24.6 Å². The lowest BCUT2D eigenvalue weighted by Gasteiger charge is -2.33. The van der Waals surface area contributed by atoms with Crippen LogP contribution in [0.3, 0.4) is 0 Å². The van der Waals surface area contributed by atoms with Crippen molar-refractivity contribution in [3.8, 4) is 5.75 Å². The fraction of sp³-hybridized carbons (Fsp3) is 0.278. The summed E-state index contributed by atoms with van der Waals surface area (Å²) in [5, 5.41) is 0. The summed E-state index contributed by atoms with van der Waals surface area (Å²) < 4.78 is 5.68. The van der Waals surface area contributed by atoms with Crippen molar-refractivity contribution >= 4 is 5.91 Å². The average molecular weight is 281 g/mol. The summed E-state index contributed by atoms with van der Waals surface area (Å²) in [5.74, 6) is 0.952. The molecular formula is C18H19NO2. The Balaban J connectivity index is 1.91. The maximum atomic E-state index is 12.8. The first-order chi connectivity index (χ1) is 10.2. The Morgan fingerprint density at radius 2 is 1.86 bits per heavy atom. The molecule has 1 unspecified atom stereocenters. The van der Waals surface area contributed by atoms with Crippen LogP contribution in [0.25, 0.3) is 0 Å². The molecule has 1 amide bonds. The van der Waals surface area contributed by atoms with Crippen molar-refractivity contribution in [2.75, 3.05) is 13.7 Å². The number of carbonyl (C=O) groups excluding carboxylic acids is 1. The lowest BCUT2D eigenvalue weighted by Crippen LogP contribution is -2.34. The van der Waals surface area contributed by atoms with E-state index in [2.05, 4.69) is 0 Å². The van der Waals surface area contributed by atoms with Gasteiger partial charge >= 0.3 is 0 Å². The van der Waals surface area contributed by atoms with Gasteiger partial charge in [0.2, 0.25) is 0 Å². The number of hydrogen-bond donors (Lipinski definition) is 0. The van der Waals surface area contributed by atoms with Crippen molar-refractivity contribution in [3.05, 3.63) is 65.2 Å². The van der Waals surface area contributed by atoms with E-state index in [9.17, 15) is 4.79 Å². The zero-order valence-electron chi connectivity index (χ0n) is 12.4. The van der Waals surface area contributed by atoms with E-state index in [1.807, 2.05) is 67.4 Å². The van der Waals surface area contributed by atoms with Gasteiger partial charge in [0.05, 0.1) is 12.6 Å². The second kappa shape index (κ2) is 5.60. The van der Waals surface area contributed by atoms with Gasteiger partial charge in [0.1, 0.15) is 5.75 Å². The summed E-state index contributed by atoms with van der Waals surface area (Å²) in [4.78, 5) is 14.6. The van der Waals surface area contributed by atoms with Gasteiger partial charge in [-0.05, 0) is 24.6 Å². The molecule has 108 valence electrons. The van der Waals surface area contributed by atoms with E-state index in [1.165, 1.54) is 0 Å². The zero-order valence-corrected chi connectivity index (χ0v) is 12.4. The summed E-state index contributed by atoms with van der Waals surface area (Å²) in [6.07, 6.45) is 0.825. The fourth-order valence-electron chi connectivity index (χ4n) is 2.87. The van der Waals surface area contributed by atoms with Crippen LogP contribution in [-0.2, 0) is 0 Å². The molecule has 0 N–H and O–H groups in total. The van der Waals surface area contributed by atoms with Crippen molar-refractivity contribution < 1.29 is 9.53 Å². The summed E-state index contributed by atoms with van der Waals surface area (Å²) in [5.41, 5.74) is 2.87. The van der Waals surface area contributed by atoms with Crippen LogP contribution in [0.4, 0.5) is 0 Å². The molecule has 1 aliphatic heterocycles. The number of aryl methyl sites for hydroxylation is 1. The van der Waals surface area contributed by atoms with Gasteiger partial charge in [-0.2, -0.15) is 0 Å². The van der Waals surface area contributed by atoms with Crippen molar-refractivity contribution in [1.82, 2.24) is 4.90 Å². The van der Waals surface area contributed by atoms with Crippen LogP contribution in [0.2, 0.25) is 0 Å². The fourth-order valence-corrected chi connectivity index (χ4v) is 2.87. The van der Waals surface area contributed by atoms with Crippen molar-refractivity contribution in [1.29, 1.82) is 0 Å². The van der Waals surface area contributed by atoms with Gasteiger partial charge < -0.3 is 9.64 Å². The highest BCUT2D eigenvalue weighted by Crippen LogP contribution is 2.35. The van der Waals surface area contributed by atoms with Gasteiger partial charge in [-0.1, -0.05) is 36.4 Å². The third-order valence-corrected chi connectivity index (χ3v) is 4.09.